The van der Waals surface area contributed by atoms with Crippen LogP contribution < -0.4 is 10.6 Å². The van der Waals surface area contributed by atoms with Gasteiger partial charge < -0.3 is 20.5 Å². The second-order valence-corrected chi connectivity index (χ2v) is 6.97. The Kier molecular flexibility index (Phi) is 5.18. The molecule has 1 aliphatic rings. The van der Waals surface area contributed by atoms with Crippen molar-refractivity contribution >= 4 is 34.6 Å². The fourth-order valence-corrected chi connectivity index (χ4v) is 3.50. The Bertz CT molecular complexity index is 1150. The Morgan fingerprint density at radius 3 is 2.60 bits per heavy atom. The summed E-state index contributed by atoms with van der Waals surface area (Å²) in [6, 6.07) is 4.92. The van der Waals surface area contributed by atoms with Crippen molar-refractivity contribution in [3.63, 3.8) is 0 Å². The van der Waals surface area contributed by atoms with E-state index in [0.29, 0.717) is 37.9 Å². The van der Waals surface area contributed by atoms with Crippen LogP contribution in [0.1, 0.15) is 15.9 Å². The van der Waals surface area contributed by atoms with E-state index in [4.69, 9.17) is 5.73 Å². The summed E-state index contributed by atoms with van der Waals surface area (Å²) in [4.78, 5) is 34.7. The van der Waals surface area contributed by atoms with Gasteiger partial charge in [-0.3, -0.25) is 9.59 Å². The van der Waals surface area contributed by atoms with Crippen LogP contribution in [0, 0.1) is 11.6 Å². The maximum absolute atomic E-state index is 13.9. The van der Waals surface area contributed by atoms with E-state index in [1.54, 1.807) is 23.4 Å². The molecule has 1 saturated heterocycles. The first kappa shape index (κ1) is 19.6. The van der Waals surface area contributed by atoms with E-state index in [9.17, 15) is 18.4 Å². The maximum Gasteiger partial charge on any atom is 0.256 e. The Morgan fingerprint density at radius 1 is 1.13 bits per heavy atom. The third-order valence-electron chi connectivity index (χ3n) is 5.07. The minimum atomic E-state index is -0.860. The van der Waals surface area contributed by atoms with Gasteiger partial charge in [-0.2, -0.15) is 0 Å². The lowest BCUT2D eigenvalue weighted by molar-refractivity contribution is -0.113. The molecule has 0 unspecified atom stereocenters. The summed E-state index contributed by atoms with van der Waals surface area (Å²) in [7, 11) is 0. The van der Waals surface area contributed by atoms with Crippen LogP contribution in [0.5, 0.6) is 0 Å². The molecule has 4 rings (SSSR count). The number of fused-ring (bicyclic) bond motifs is 1. The molecule has 1 fully saturated rings. The molecule has 0 radical (unpaired) electrons. The number of nitrogens with two attached hydrogens (primary N) is 1. The Morgan fingerprint density at radius 2 is 1.90 bits per heavy atom. The quantitative estimate of drug-likeness (QED) is 0.644. The molecule has 0 atom stereocenters. The number of carbonyl (C=O) groups excluding carboxylic acids is 2. The number of aromatic amines is 1. The normalized spacial score (nSPS) is 14.6. The van der Waals surface area contributed by atoms with Gasteiger partial charge in [0.25, 0.3) is 5.91 Å². The molecule has 2 amide bonds. The molecule has 2 aromatic heterocycles. The monoisotopic (exact) mass is 411 g/mol. The molecule has 0 saturated carbocycles. The number of primary amides is 1. The van der Waals surface area contributed by atoms with Crippen LogP contribution in [0.15, 0.2) is 42.7 Å². The van der Waals surface area contributed by atoms with Crippen LogP contribution in [-0.2, 0) is 4.79 Å². The van der Waals surface area contributed by atoms with Gasteiger partial charge in [0.1, 0.15) is 17.3 Å². The number of amides is 2. The predicted octanol–water partition coefficient (Wildman–Crippen LogP) is 2.30. The van der Waals surface area contributed by atoms with Crippen molar-refractivity contribution in [1.29, 1.82) is 0 Å². The van der Waals surface area contributed by atoms with Crippen LogP contribution in [0.25, 0.3) is 17.1 Å². The third kappa shape index (κ3) is 3.86. The summed E-state index contributed by atoms with van der Waals surface area (Å²) in [6.45, 7) is 1.88. The second-order valence-electron chi connectivity index (χ2n) is 6.97. The number of nitrogens with zero attached hydrogens (tertiary/aromatic N) is 3. The zero-order chi connectivity index (χ0) is 21.3. The van der Waals surface area contributed by atoms with Crippen molar-refractivity contribution in [2.75, 3.05) is 31.1 Å². The molecule has 3 aromatic rings. The lowest BCUT2D eigenvalue weighted by atomic mass is 10.1. The van der Waals surface area contributed by atoms with Gasteiger partial charge in [0.15, 0.2) is 0 Å². The number of H-pyrrole nitrogens is 1. The number of carbonyl (C=O) groups is 2. The van der Waals surface area contributed by atoms with Gasteiger partial charge in [-0.25, -0.2) is 13.8 Å². The highest BCUT2D eigenvalue weighted by Crippen LogP contribution is 2.25. The first-order valence-electron chi connectivity index (χ1n) is 9.36. The van der Waals surface area contributed by atoms with E-state index in [-0.39, 0.29) is 5.56 Å². The van der Waals surface area contributed by atoms with Crippen molar-refractivity contribution in [2.24, 2.45) is 5.73 Å². The number of aromatic nitrogens is 2. The number of hydrogen-bond donors (Lipinski definition) is 2. The summed E-state index contributed by atoms with van der Waals surface area (Å²) in [6.07, 6.45) is 6.39. The number of pyridine rings is 1. The fourth-order valence-electron chi connectivity index (χ4n) is 3.50. The largest absolute Gasteiger partial charge is 0.367 e. The van der Waals surface area contributed by atoms with E-state index in [2.05, 4.69) is 14.9 Å². The average Bonchev–Trinajstić information content (AvgIpc) is 3.14. The van der Waals surface area contributed by atoms with E-state index in [1.165, 1.54) is 12.1 Å². The van der Waals surface area contributed by atoms with Crippen LogP contribution in [0.2, 0.25) is 0 Å². The molecule has 3 heterocycles. The number of anilines is 1. The van der Waals surface area contributed by atoms with Gasteiger partial charge in [0, 0.05) is 55.5 Å². The molecule has 0 aliphatic carbocycles. The van der Waals surface area contributed by atoms with Gasteiger partial charge in [0.05, 0.1) is 17.4 Å². The van der Waals surface area contributed by atoms with E-state index in [1.807, 2.05) is 6.07 Å². The Balaban J connectivity index is 1.48. The van der Waals surface area contributed by atoms with Gasteiger partial charge in [-0.1, -0.05) is 0 Å². The number of nitrogens with one attached hydrogen (secondary N) is 1. The van der Waals surface area contributed by atoms with Crippen molar-refractivity contribution in [2.45, 2.75) is 0 Å². The molecule has 0 spiro atoms. The molecule has 0 bridgehead atoms. The highest BCUT2D eigenvalue weighted by Gasteiger charge is 2.25. The van der Waals surface area contributed by atoms with Crippen molar-refractivity contribution in [3.05, 3.63) is 65.5 Å². The third-order valence-corrected chi connectivity index (χ3v) is 5.07. The molecule has 30 heavy (non-hydrogen) atoms. The summed E-state index contributed by atoms with van der Waals surface area (Å²) in [5.41, 5.74) is 7.37. The van der Waals surface area contributed by atoms with Gasteiger partial charge in [-0.15, -0.1) is 0 Å². The molecule has 154 valence electrons. The number of hydrogen-bond acceptors (Lipinski definition) is 4. The highest BCUT2D eigenvalue weighted by atomic mass is 19.1. The van der Waals surface area contributed by atoms with Gasteiger partial charge in [-0.05, 0) is 24.3 Å². The first-order valence-corrected chi connectivity index (χ1v) is 9.36. The summed E-state index contributed by atoms with van der Waals surface area (Å²) in [5, 5.41) is 0.844. The molecular formula is C21H19F2N5O2. The van der Waals surface area contributed by atoms with E-state index >= 15 is 0 Å². The zero-order valence-corrected chi connectivity index (χ0v) is 15.9. The topological polar surface area (TPSA) is 95.3 Å². The molecule has 7 nitrogen and oxygen atoms in total. The first-order chi connectivity index (χ1) is 14.4. The Labute approximate surface area is 170 Å². The smallest absolute Gasteiger partial charge is 0.256 e. The van der Waals surface area contributed by atoms with E-state index in [0.717, 1.165) is 22.7 Å². The van der Waals surface area contributed by atoms with Gasteiger partial charge >= 0.3 is 0 Å². The minimum absolute atomic E-state index is 0.133. The zero-order valence-electron chi connectivity index (χ0n) is 15.9. The average molecular weight is 411 g/mol. The number of piperazine rings is 1. The van der Waals surface area contributed by atoms with Crippen LogP contribution in [0.4, 0.5) is 14.5 Å². The predicted molar refractivity (Wildman–Crippen MR) is 109 cm³/mol. The van der Waals surface area contributed by atoms with Crippen molar-refractivity contribution < 1.29 is 18.4 Å². The number of benzene rings is 1. The SMILES string of the molecule is NC(=O)/C=C/c1c[nH]c2ncc(N3CCN(C(=O)c4ccc(F)cc4F)CC3)cc12. The summed E-state index contributed by atoms with van der Waals surface area (Å²) in [5.74, 6) is -2.57. The molecule has 1 aliphatic heterocycles. The standard InChI is InChI=1S/C21H19F2N5O2/c22-14-2-3-16(18(23)9-14)21(30)28-7-5-27(6-8-28)15-10-17-13(1-4-19(24)29)11-25-20(17)26-12-15/h1-4,9-12H,5-8H2,(H2,24,29)(H,25,26)/b4-1+. The van der Waals surface area contributed by atoms with Gasteiger partial charge in [0.2, 0.25) is 5.91 Å². The summed E-state index contributed by atoms with van der Waals surface area (Å²) >= 11 is 0. The van der Waals surface area contributed by atoms with Crippen LogP contribution in [0.3, 0.4) is 0 Å². The molecule has 9 heteroatoms. The number of halogens is 2. The molecule has 3 N–H and O–H groups in total. The minimum Gasteiger partial charge on any atom is -0.367 e. The lowest BCUT2D eigenvalue weighted by Gasteiger charge is -2.36. The van der Waals surface area contributed by atoms with Crippen molar-refractivity contribution in [1.82, 2.24) is 14.9 Å². The second kappa shape index (κ2) is 7.94. The Hall–Kier alpha value is -3.75. The molecule has 1 aromatic carbocycles. The fraction of sp³-hybridized carbons (Fsp3) is 0.190. The van der Waals surface area contributed by atoms with Crippen molar-refractivity contribution in [3.8, 4) is 0 Å². The lowest BCUT2D eigenvalue weighted by Crippen LogP contribution is -2.49. The molecular weight excluding hydrogens is 392 g/mol. The van der Waals surface area contributed by atoms with Crippen LogP contribution >= 0.6 is 0 Å². The maximum atomic E-state index is 13.9. The highest BCUT2D eigenvalue weighted by molar-refractivity contribution is 5.96. The summed E-state index contributed by atoms with van der Waals surface area (Å²) < 4.78 is 27.0. The van der Waals surface area contributed by atoms with E-state index < -0.39 is 23.4 Å². The number of rotatable bonds is 4. The van der Waals surface area contributed by atoms with Crippen LogP contribution in [-0.4, -0.2) is 52.9 Å².